The third-order valence-corrected chi connectivity index (χ3v) is 2.74. The summed E-state index contributed by atoms with van der Waals surface area (Å²) in [7, 11) is 1.81. The van der Waals surface area contributed by atoms with Gasteiger partial charge in [0.15, 0.2) is 0 Å². The average Bonchev–Trinajstić information content (AvgIpc) is 2.16. The summed E-state index contributed by atoms with van der Waals surface area (Å²) in [5.41, 5.74) is 0. The molecule has 1 rings (SSSR count). The van der Waals surface area contributed by atoms with Crippen LogP contribution in [0.1, 0.15) is 26.7 Å². The Morgan fingerprint density at radius 1 is 1.57 bits per heavy atom. The number of amides is 2. The fraction of sp³-hybridized carbons (Fsp3) is 0.800. The second-order valence-corrected chi connectivity index (χ2v) is 4.08. The predicted molar refractivity (Wildman–Crippen MR) is 53.6 cm³/mol. The van der Waals surface area contributed by atoms with Crippen LogP contribution in [0.5, 0.6) is 0 Å². The molecule has 0 saturated carbocycles. The molecule has 80 valence electrons. The van der Waals surface area contributed by atoms with E-state index in [0.29, 0.717) is 19.4 Å². The van der Waals surface area contributed by atoms with E-state index in [1.165, 1.54) is 0 Å². The Morgan fingerprint density at radius 2 is 2.21 bits per heavy atom. The van der Waals surface area contributed by atoms with E-state index in [4.69, 9.17) is 0 Å². The van der Waals surface area contributed by atoms with Gasteiger partial charge in [-0.1, -0.05) is 0 Å². The summed E-state index contributed by atoms with van der Waals surface area (Å²) in [6.07, 6.45) is 1.16. The Bertz CT molecular complexity index is 228. The third kappa shape index (κ3) is 2.47. The summed E-state index contributed by atoms with van der Waals surface area (Å²) in [5.74, 6) is 0.168. The topological polar surface area (TPSA) is 49.4 Å². The van der Waals surface area contributed by atoms with Crippen LogP contribution >= 0.6 is 0 Å². The molecule has 1 fully saturated rings. The number of nitrogens with one attached hydrogen (secondary N) is 1. The molecule has 0 aromatic rings. The molecule has 1 N–H and O–H groups in total. The maximum atomic E-state index is 11.8. The highest BCUT2D eigenvalue weighted by Crippen LogP contribution is 2.14. The number of piperidine rings is 1. The maximum absolute atomic E-state index is 11.8. The lowest BCUT2D eigenvalue weighted by Gasteiger charge is -2.29. The van der Waals surface area contributed by atoms with Crippen LogP contribution in [0, 0.1) is 5.92 Å². The second-order valence-electron chi connectivity index (χ2n) is 4.08. The van der Waals surface area contributed by atoms with Crippen LogP contribution < -0.4 is 5.32 Å². The molecule has 0 spiro atoms. The van der Waals surface area contributed by atoms with Crippen LogP contribution in [0.4, 0.5) is 0 Å². The first kappa shape index (κ1) is 11.0. The normalized spacial score (nSPS) is 22.0. The molecule has 1 aliphatic rings. The van der Waals surface area contributed by atoms with Crippen molar-refractivity contribution < 1.29 is 9.59 Å². The molecule has 4 nitrogen and oxygen atoms in total. The minimum atomic E-state index is -0.0277. The van der Waals surface area contributed by atoms with Gasteiger partial charge >= 0.3 is 0 Å². The van der Waals surface area contributed by atoms with Gasteiger partial charge in [0.2, 0.25) is 11.8 Å². The first-order chi connectivity index (χ1) is 6.52. The van der Waals surface area contributed by atoms with E-state index in [-0.39, 0.29) is 23.8 Å². The summed E-state index contributed by atoms with van der Waals surface area (Å²) in [6, 6.07) is 0.222. The van der Waals surface area contributed by atoms with Crippen molar-refractivity contribution in [2.45, 2.75) is 32.7 Å². The van der Waals surface area contributed by atoms with Gasteiger partial charge in [0.25, 0.3) is 0 Å². The van der Waals surface area contributed by atoms with Crippen LogP contribution in [0.15, 0.2) is 0 Å². The highest BCUT2D eigenvalue weighted by atomic mass is 16.2. The summed E-state index contributed by atoms with van der Waals surface area (Å²) in [6.45, 7) is 4.47. The maximum Gasteiger partial charge on any atom is 0.227 e. The molecule has 2 amide bonds. The van der Waals surface area contributed by atoms with Crippen LogP contribution in [-0.2, 0) is 9.59 Å². The fourth-order valence-corrected chi connectivity index (χ4v) is 1.49. The van der Waals surface area contributed by atoms with Gasteiger partial charge in [-0.3, -0.25) is 9.59 Å². The average molecular weight is 198 g/mol. The zero-order valence-electron chi connectivity index (χ0n) is 9.04. The fourth-order valence-electron chi connectivity index (χ4n) is 1.49. The van der Waals surface area contributed by atoms with Crippen molar-refractivity contribution in [3.05, 3.63) is 0 Å². The number of hydrogen-bond acceptors (Lipinski definition) is 2. The molecule has 0 radical (unpaired) electrons. The van der Waals surface area contributed by atoms with Crippen molar-refractivity contribution in [3.8, 4) is 0 Å². The smallest absolute Gasteiger partial charge is 0.227 e. The molecule has 1 unspecified atom stereocenters. The van der Waals surface area contributed by atoms with Crippen molar-refractivity contribution in [2.75, 3.05) is 13.6 Å². The zero-order valence-corrected chi connectivity index (χ0v) is 9.04. The van der Waals surface area contributed by atoms with Gasteiger partial charge in [-0.05, 0) is 20.3 Å². The zero-order chi connectivity index (χ0) is 10.7. The number of nitrogens with zero attached hydrogens (tertiary/aromatic N) is 1. The SMILES string of the molecule is CC(C)N(C)C(=O)C1CCC(=O)NC1. The van der Waals surface area contributed by atoms with Crippen molar-refractivity contribution in [2.24, 2.45) is 5.92 Å². The lowest BCUT2D eigenvalue weighted by Crippen LogP contribution is -2.45. The van der Waals surface area contributed by atoms with Gasteiger partial charge in [0.05, 0.1) is 5.92 Å². The standard InChI is InChI=1S/C10H18N2O2/c1-7(2)12(3)10(14)8-4-5-9(13)11-6-8/h7-8H,4-6H2,1-3H3,(H,11,13). The Kier molecular flexibility index (Phi) is 3.49. The predicted octanol–water partition coefficient (Wildman–Crippen LogP) is 0.379. The van der Waals surface area contributed by atoms with Crippen LogP contribution in [-0.4, -0.2) is 36.3 Å². The van der Waals surface area contributed by atoms with Gasteiger partial charge in [0.1, 0.15) is 0 Å². The molecule has 1 saturated heterocycles. The molecular formula is C10H18N2O2. The van der Waals surface area contributed by atoms with Gasteiger partial charge in [0, 0.05) is 26.1 Å². The van der Waals surface area contributed by atoms with E-state index < -0.39 is 0 Å². The first-order valence-electron chi connectivity index (χ1n) is 5.05. The van der Waals surface area contributed by atoms with Gasteiger partial charge in [-0.15, -0.1) is 0 Å². The molecule has 0 aromatic heterocycles. The summed E-state index contributed by atoms with van der Waals surface area (Å²) in [4.78, 5) is 24.5. The third-order valence-electron chi connectivity index (χ3n) is 2.74. The minimum Gasteiger partial charge on any atom is -0.355 e. The summed E-state index contributed by atoms with van der Waals surface area (Å²) in [5, 5.41) is 2.72. The molecular weight excluding hydrogens is 180 g/mol. The summed E-state index contributed by atoms with van der Waals surface area (Å²) >= 11 is 0. The monoisotopic (exact) mass is 198 g/mol. The lowest BCUT2D eigenvalue weighted by molar-refractivity contribution is -0.137. The lowest BCUT2D eigenvalue weighted by atomic mass is 9.97. The van der Waals surface area contributed by atoms with Crippen molar-refractivity contribution in [3.63, 3.8) is 0 Å². The van der Waals surface area contributed by atoms with E-state index in [2.05, 4.69) is 5.32 Å². The number of carbonyl (C=O) groups excluding carboxylic acids is 2. The molecule has 1 atom stereocenters. The second kappa shape index (κ2) is 4.44. The van der Waals surface area contributed by atoms with Crippen molar-refractivity contribution in [1.82, 2.24) is 10.2 Å². The van der Waals surface area contributed by atoms with Crippen molar-refractivity contribution in [1.29, 1.82) is 0 Å². The number of rotatable bonds is 2. The molecule has 0 aromatic carbocycles. The highest BCUT2D eigenvalue weighted by molar-refractivity contribution is 5.83. The molecule has 14 heavy (non-hydrogen) atoms. The van der Waals surface area contributed by atoms with Crippen LogP contribution in [0.25, 0.3) is 0 Å². The minimum absolute atomic E-state index is 0.0277. The van der Waals surface area contributed by atoms with E-state index in [0.717, 1.165) is 0 Å². The van der Waals surface area contributed by atoms with Gasteiger partial charge in [-0.2, -0.15) is 0 Å². The van der Waals surface area contributed by atoms with Gasteiger partial charge in [-0.25, -0.2) is 0 Å². The van der Waals surface area contributed by atoms with Crippen LogP contribution in [0.2, 0.25) is 0 Å². The first-order valence-corrected chi connectivity index (χ1v) is 5.05. The number of hydrogen-bond donors (Lipinski definition) is 1. The Balaban J connectivity index is 2.49. The molecule has 1 heterocycles. The molecule has 1 aliphatic heterocycles. The van der Waals surface area contributed by atoms with Crippen LogP contribution in [0.3, 0.4) is 0 Å². The highest BCUT2D eigenvalue weighted by Gasteiger charge is 2.27. The summed E-state index contributed by atoms with van der Waals surface area (Å²) < 4.78 is 0. The van der Waals surface area contributed by atoms with E-state index in [1.54, 1.807) is 4.90 Å². The largest absolute Gasteiger partial charge is 0.355 e. The van der Waals surface area contributed by atoms with E-state index >= 15 is 0 Å². The van der Waals surface area contributed by atoms with Crippen molar-refractivity contribution >= 4 is 11.8 Å². The Hall–Kier alpha value is -1.06. The van der Waals surface area contributed by atoms with E-state index in [9.17, 15) is 9.59 Å². The van der Waals surface area contributed by atoms with E-state index in [1.807, 2.05) is 20.9 Å². The Morgan fingerprint density at radius 3 is 2.64 bits per heavy atom. The molecule has 0 aliphatic carbocycles. The quantitative estimate of drug-likeness (QED) is 0.697. The van der Waals surface area contributed by atoms with Gasteiger partial charge < -0.3 is 10.2 Å². The molecule has 0 bridgehead atoms. The number of carbonyl (C=O) groups is 2. The molecule has 4 heteroatoms. The Labute approximate surface area is 84.7 Å².